The zero-order valence-corrected chi connectivity index (χ0v) is 19.7. The normalized spacial score (nSPS) is 14.0. The van der Waals surface area contributed by atoms with Gasteiger partial charge in [0.1, 0.15) is 11.3 Å². The van der Waals surface area contributed by atoms with Crippen molar-refractivity contribution in [3.63, 3.8) is 0 Å². The lowest BCUT2D eigenvalue weighted by atomic mass is 10.1. The molecule has 0 atom stereocenters. The number of morpholine rings is 1. The summed E-state index contributed by atoms with van der Waals surface area (Å²) in [4.78, 5) is 17.7. The highest BCUT2D eigenvalue weighted by Gasteiger charge is 2.10. The molecule has 4 heterocycles. The predicted octanol–water partition coefficient (Wildman–Crippen LogP) is 5.12. The van der Waals surface area contributed by atoms with Crippen LogP contribution in [0.4, 0.5) is 11.5 Å². The van der Waals surface area contributed by atoms with Gasteiger partial charge in [0.2, 0.25) is 0 Å². The first-order valence-electron chi connectivity index (χ1n) is 11.1. The van der Waals surface area contributed by atoms with Crippen molar-refractivity contribution in [3.05, 3.63) is 78.8 Å². The Morgan fingerprint density at radius 1 is 1.03 bits per heavy atom. The van der Waals surface area contributed by atoms with Crippen LogP contribution in [0.1, 0.15) is 10.5 Å². The van der Waals surface area contributed by atoms with Crippen molar-refractivity contribution >= 4 is 45.1 Å². The van der Waals surface area contributed by atoms with Gasteiger partial charge in [-0.2, -0.15) is 4.37 Å². The zero-order valence-electron chi connectivity index (χ0n) is 18.8. The molecule has 1 N–H and O–H groups in total. The Balaban J connectivity index is 0.000000297. The van der Waals surface area contributed by atoms with Crippen molar-refractivity contribution in [1.82, 2.24) is 18.7 Å². The number of carbonyl (C=O) groups excluding carboxylic acids is 1. The molecule has 6 rings (SSSR count). The van der Waals surface area contributed by atoms with Crippen LogP contribution < -0.4 is 5.32 Å². The van der Waals surface area contributed by atoms with E-state index in [0.717, 1.165) is 71.0 Å². The van der Waals surface area contributed by atoms with Gasteiger partial charge in [0.05, 0.1) is 24.1 Å². The third-order valence-electron chi connectivity index (χ3n) is 5.73. The van der Waals surface area contributed by atoms with Crippen LogP contribution in [-0.4, -0.2) is 58.3 Å². The highest BCUT2D eigenvalue weighted by molar-refractivity contribution is 7.13. The van der Waals surface area contributed by atoms with Crippen LogP contribution in [0.2, 0.25) is 0 Å². The second-order valence-electron chi connectivity index (χ2n) is 8.10. The van der Waals surface area contributed by atoms with Crippen molar-refractivity contribution < 1.29 is 9.53 Å². The van der Waals surface area contributed by atoms with E-state index >= 15 is 0 Å². The molecule has 5 aromatic rings. The average Bonchev–Trinajstić information content (AvgIpc) is 3.48. The van der Waals surface area contributed by atoms with E-state index in [1.54, 1.807) is 6.20 Å². The van der Waals surface area contributed by atoms with Gasteiger partial charge in [-0.3, -0.25) is 9.20 Å². The lowest BCUT2D eigenvalue weighted by molar-refractivity contribution is 0.0503. The number of hydrogen-bond donors (Lipinski definition) is 1. The van der Waals surface area contributed by atoms with E-state index in [9.17, 15) is 4.79 Å². The highest BCUT2D eigenvalue weighted by atomic mass is 32.1. The molecule has 34 heavy (non-hydrogen) atoms. The minimum Gasteiger partial charge on any atom is -0.379 e. The van der Waals surface area contributed by atoms with Gasteiger partial charge < -0.3 is 15.0 Å². The number of nitrogens with one attached hydrogen (secondary N) is 1. The first-order valence-corrected chi connectivity index (χ1v) is 11.9. The third-order valence-corrected chi connectivity index (χ3v) is 6.54. The first kappa shape index (κ1) is 22.2. The SMILES string of the molecule is CN1CCOCC1.O=Cc1cnc2ccc(-c3ccc4c(Nc5ccccc5)nsc4c3)cn12. The number of carbonyl (C=O) groups is 1. The van der Waals surface area contributed by atoms with Crippen LogP contribution in [-0.2, 0) is 4.74 Å². The van der Waals surface area contributed by atoms with Gasteiger partial charge in [0.25, 0.3) is 0 Å². The predicted molar refractivity (Wildman–Crippen MR) is 137 cm³/mol. The van der Waals surface area contributed by atoms with Crippen molar-refractivity contribution in [3.8, 4) is 11.1 Å². The zero-order chi connectivity index (χ0) is 23.3. The molecule has 0 amide bonds. The Hall–Kier alpha value is -3.59. The summed E-state index contributed by atoms with van der Waals surface area (Å²) in [6, 6.07) is 20.2. The lowest BCUT2D eigenvalue weighted by Crippen LogP contribution is -2.32. The summed E-state index contributed by atoms with van der Waals surface area (Å²) < 4.78 is 12.6. The summed E-state index contributed by atoms with van der Waals surface area (Å²) in [6.45, 7) is 4.02. The Morgan fingerprint density at radius 3 is 2.56 bits per heavy atom. The molecule has 3 aromatic heterocycles. The van der Waals surface area contributed by atoms with Crippen LogP contribution in [0, 0.1) is 0 Å². The lowest BCUT2D eigenvalue weighted by Gasteiger charge is -2.21. The quantitative estimate of drug-likeness (QED) is 0.367. The Kier molecular flexibility index (Phi) is 6.62. The summed E-state index contributed by atoms with van der Waals surface area (Å²) >= 11 is 1.47. The number of para-hydroxylation sites is 1. The third kappa shape index (κ3) is 4.84. The molecule has 172 valence electrons. The van der Waals surface area contributed by atoms with Crippen molar-refractivity contribution in [2.45, 2.75) is 0 Å². The molecule has 0 bridgehead atoms. The maximum atomic E-state index is 11.2. The number of likely N-dealkylation sites (N-methyl/N-ethyl adjacent to an activating group) is 1. The highest BCUT2D eigenvalue weighted by Crippen LogP contribution is 2.33. The molecule has 1 aliphatic heterocycles. The number of rotatable bonds is 4. The maximum absolute atomic E-state index is 11.2. The fourth-order valence-corrected chi connectivity index (χ4v) is 4.55. The van der Waals surface area contributed by atoms with E-state index in [-0.39, 0.29) is 0 Å². The van der Waals surface area contributed by atoms with E-state index < -0.39 is 0 Å². The summed E-state index contributed by atoms with van der Waals surface area (Å²) in [5.74, 6) is 0.862. The minimum absolute atomic E-state index is 0.542. The van der Waals surface area contributed by atoms with E-state index in [0.29, 0.717) is 5.69 Å². The molecule has 7 nitrogen and oxygen atoms in total. The number of pyridine rings is 1. The van der Waals surface area contributed by atoms with Gasteiger partial charge in [-0.25, -0.2) is 4.98 Å². The molecule has 8 heteroatoms. The monoisotopic (exact) mass is 471 g/mol. The van der Waals surface area contributed by atoms with Crippen molar-refractivity contribution in [2.24, 2.45) is 0 Å². The number of benzene rings is 2. The number of imidazole rings is 1. The molecule has 1 fully saturated rings. The largest absolute Gasteiger partial charge is 0.379 e. The molecule has 1 saturated heterocycles. The summed E-state index contributed by atoms with van der Waals surface area (Å²) in [5, 5.41) is 4.46. The summed E-state index contributed by atoms with van der Waals surface area (Å²) in [7, 11) is 2.11. The molecule has 1 aliphatic rings. The molecule has 0 aliphatic carbocycles. The average molecular weight is 472 g/mol. The Labute approximate surface area is 201 Å². The maximum Gasteiger partial charge on any atom is 0.168 e. The fraction of sp³-hybridized carbons (Fsp3) is 0.192. The number of fused-ring (bicyclic) bond motifs is 2. The van der Waals surface area contributed by atoms with E-state index in [2.05, 4.69) is 44.8 Å². The second kappa shape index (κ2) is 10.1. The van der Waals surface area contributed by atoms with Gasteiger partial charge in [-0.1, -0.05) is 24.3 Å². The smallest absolute Gasteiger partial charge is 0.168 e. The number of ether oxygens (including phenoxy) is 1. The summed E-state index contributed by atoms with van der Waals surface area (Å²) in [5.41, 5.74) is 4.41. The van der Waals surface area contributed by atoms with Crippen LogP contribution in [0.15, 0.2) is 73.1 Å². The molecule has 0 saturated carbocycles. The number of nitrogens with zero attached hydrogens (tertiary/aromatic N) is 4. The topological polar surface area (TPSA) is 71.8 Å². The number of aldehydes is 1. The van der Waals surface area contributed by atoms with Gasteiger partial charge in [-0.05, 0) is 66.1 Å². The van der Waals surface area contributed by atoms with Gasteiger partial charge >= 0.3 is 0 Å². The van der Waals surface area contributed by atoms with Gasteiger partial charge in [0.15, 0.2) is 12.1 Å². The van der Waals surface area contributed by atoms with Crippen molar-refractivity contribution in [1.29, 1.82) is 0 Å². The number of hydrogen-bond acceptors (Lipinski definition) is 7. The van der Waals surface area contributed by atoms with Crippen LogP contribution >= 0.6 is 11.5 Å². The molecule has 0 spiro atoms. The van der Waals surface area contributed by atoms with Gasteiger partial charge in [0, 0.05) is 30.4 Å². The van der Waals surface area contributed by atoms with Crippen LogP contribution in [0.25, 0.3) is 26.9 Å². The summed E-state index contributed by atoms with van der Waals surface area (Å²) in [6.07, 6.45) is 4.34. The first-order chi connectivity index (χ1) is 16.7. The van der Waals surface area contributed by atoms with Gasteiger partial charge in [-0.15, -0.1) is 0 Å². The number of aromatic nitrogens is 3. The van der Waals surface area contributed by atoms with Crippen LogP contribution in [0.5, 0.6) is 0 Å². The Bertz CT molecular complexity index is 1410. The van der Waals surface area contributed by atoms with E-state index in [1.165, 1.54) is 11.5 Å². The minimum atomic E-state index is 0.542. The standard InChI is InChI=1S/C21H14N4OS.C5H11NO/c26-13-17-11-22-20-9-7-15(12-25(17)20)14-6-8-18-19(10-14)27-24-21(18)23-16-4-2-1-3-5-16;1-6-2-4-7-5-3-6/h1-13H,(H,23,24);2-5H2,1H3. The van der Waals surface area contributed by atoms with Crippen LogP contribution in [0.3, 0.4) is 0 Å². The molecular formula is C26H25N5O2S. The number of anilines is 2. The van der Waals surface area contributed by atoms with Crippen molar-refractivity contribution in [2.75, 3.05) is 38.7 Å². The Morgan fingerprint density at radius 2 is 1.82 bits per heavy atom. The molecule has 0 radical (unpaired) electrons. The molecular weight excluding hydrogens is 446 g/mol. The second-order valence-corrected chi connectivity index (χ2v) is 8.90. The molecule has 2 aromatic carbocycles. The molecule has 0 unspecified atom stereocenters. The van der Waals surface area contributed by atoms with E-state index in [1.807, 2.05) is 53.1 Å². The van der Waals surface area contributed by atoms with E-state index in [4.69, 9.17) is 4.74 Å². The fourth-order valence-electron chi connectivity index (χ4n) is 3.78.